The molecule has 0 saturated heterocycles. The summed E-state index contributed by atoms with van der Waals surface area (Å²) in [6, 6.07) is 73.6. The van der Waals surface area contributed by atoms with Crippen LogP contribution in [-0.2, 0) is 0 Å². The molecule has 0 fully saturated rings. The van der Waals surface area contributed by atoms with Crippen LogP contribution < -0.4 is 5.32 Å². The smallest absolute Gasteiger partial charge is 0.160 e. The molecular weight excluding hydrogens is 877 g/mol. The van der Waals surface area contributed by atoms with Crippen LogP contribution in [0.25, 0.3) is 124 Å². The highest BCUT2D eigenvalue weighted by molar-refractivity contribution is 7.26. The minimum atomic E-state index is -0.562. The molecule has 0 radical (unpaired) electrons. The van der Waals surface area contributed by atoms with Crippen LogP contribution in [0.5, 0.6) is 0 Å². The number of benzene rings is 11. The van der Waals surface area contributed by atoms with Crippen LogP contribution in [0.2, 0.25) is 0 Å². The van der Waals surface area contributed by atoms with Gasteiger partial charge in [-0.25, -0.2) is 9.98 Å². The summed E-state index contributed by atoms with van der Waals surface area (Å²) < 4.78 is 18.9. The van der Waals surface area contributed by atoms with Gasteiger partial charge in [-0.15, -0.1) is 11.3 Å². The Morgan fingerprint density at radius 1 is 0.457 bits per heavy atom. The second kappa shape index (κ2) is 14.2. The second-order valence-electron chi connectivity index (χ2n) is 18.4. The van der Waals surface area contributed by atoms with Crippen molar-refractivity contribution in [3.8, 4) is 5.69 Å². The first-order chi connectivity index (χ1) is 34.7. The maximum atomic E-state index is 7.26. The molecule has 6 nitrogen and oxygen atoms in total. The van der Waals surface area contributed by atoms with Crippen LogP contribution in [0.15, 0.2) is 225 Å². The zero-order chi connectivity index (χ0) is 45.6. The molecule has 0 bridgehead atoms. The van der Waals surface area contributed by atoms with E-state index in [2.05, 4.69) is 204 Å². The number of aromatic nitrogens is 1. The fraction of sp³-hybridized carbons (Fsp3) is 0.0159. The van der Waals surface area contributed by atoms with E-state index >= 15 is 0 Å². The quantitative estimate of drug-likeness (QED) is 0.191. The fourth-order valence-corrected chi connectivity index (χ4v) is 12.8. The van der Waals surface area contributed by atoms with Gasteiger partial charge in [-0.2, -0.15) is 0 Å². The maximum absolute atomic E-state index is 7.26. The van der Waals surface area contributed by atoms with Crippen molar-refractivity contribution in [2.45, 2.75) is 6.17 Å². The number of hydrogen-bond acceptors (Lipinski definition) is 6. The Bertz CT molecular complexity index is 4830. The molecule has 7 heteroatoms. The summed E-state index contributed by atoms with van der Waals surface area (Å²) in [5.41, 5.74) is 9.29. The molecule has 326 valence electrons. The van der Waals surface area contributed by atoms with Crippen LogP contribution >= 0.6 is 11.3 Å². The molecule has 0 spiro atoms. The zero-order valence-corrected chi connectivity index (χ0v) is 38.1. The van der Waals surface area contributed by atoms with Gasteiger partial charge >= 0.3 is 0 Å². The molecule has 1 atom stereocenters. The summed E-state index contributed by atoms with van der Waals surface area (Å²) in [5.74, 6) is 1.31. The Morgan fingerprint density at radius 2 is 1.10 bits per heavy atom. The first-order valence-corrected chi connectivity index (χ1v) is 24.5. The number of rotatable bonds is 4. The van der Waals surface area contributed by atoms with Crippen molar-refractivity contribution in [1.29, 1.82) is 0 Å². The molecule has 15 aromatic rings. The highest BCUT2D eigenvalue weighted by Gasteiger charge is 2.31. The Morgan fingerprint density at radius 3 is 1.96 bits per heavy atom. The molecule has 70 heavy (non-hydrogen) atoms. The van der Waals surface area contributed by atoms with Gasteiger partial charge in [0.15, 0.2) is 12.0 Å². The third-order valence-corrected chi connectivity index (χ3v) is 15.8. The van der Waals surface area contributed by atoms with Crippen molar-refractivity contribution in [3.63, 3.8) is 0 Å². The normalized spacial score (nSPS) is 14.4. The van der Waals surface area contributed by atoms with Crippen molar-refractivity contribution in [3.05, 3.63) is 223 Å². The van der Waals surface area contributed by atoms with E-state index < -0.39 is 6.17 Å². The van der Waals surface area contributed by atoms with Crippen molar-refractivity contribution >= 4 is 141 Å². The van der Waals surface area contributed by atoms with Gasteiger partial charge in [0.2, 0.25) is 0 Å². The minimum absolute atomic E-state index is 0.562. The van der Waals surface area contributed by atoms with Crippen LogP contribution in [0.1, 0.15) is 22.9 Å². The van der Waals surface area contributed by atoms with Gasteiger partial charge < -0.3 is 18.7 Å². The molecule has 0 aliphatic carbocycles. The van der Waals surface area contributed by atoms with Gasteiger partial charge in [0.1, 0.15) is 28.2 Å². The molecule has 1 unspecified atom stereocenters. The number of nitrogens with zero attached hydrogens (tertiary/aromatic N) is 3. The number of fused-ring (bicyclic) bond motifs is 16. The van der Waals surface area contributed by atoms with E-state index in [4.69, 9.17) is 18.8 Å². The van der Waals surface area contributed by atoms with E-state index in [1.165, 1.54) is 47.8 Å². The maximum Gasteiger partial charge on any atom is 0.160 e. The number of furan rings is 2. The number of para-hydroxylation sites is 3. The predicted octanol–water partition coefficient (Wildman–Crippen LogP) is 16.9. The van der Waals surface area contributed by atoms with Crippen molar-refractivity contribution in [2.24, 2.45) is 9.98 Å². The first kappa shape index (κ1) is 38.0. The summed E-state index contributed by atoms with van der Waals surface area (Å²) >= 11 is 1.78. The van der Waals surface area contributed by atoms with Gasteiger partial charge in [-0.3, -0.25) is 0 Å². The van der Waals surface area contributed by atoms with Gasteiger partial charge in [-0.05, 0) is 69.4 Å². The molecule has 1 aliphatic rings. The highest BCUT2D eigenvalue weighted by atomic mass is 32.1. The predicted molar refractivity (Wildman–Crippen MR) is 293 cm³/mol. The lowest BCUT2D eigenvalue weighted by Crippen LogP contribution is -2.34. The number of amidine groups is 2. The van der Waals surface area contributed by atoms with E-state index in [0.29, 0.717) is 11.7 Å². The van der Waals surface area contributed by atoms with Crippen LogP contribution in [0.4, 0.5) is 0 Å². The van der Waals surface area contributed by atoms with E-state index in [1.807, 2.05) is 12.1 Å². The molecular formula is C63H36N4O2S. The first-order valence-electron chi connectivity index (χ1n) is 23.7. The van der Waals surface area contributed by atoms with Crippen molar-refractivity contribution in [1.82, 2.24) is 9.88 Å². The topological polar surface area (TPSA) is 68.0 Å². The summed E-state index contributed by atoms with van der Waals surface area (Å²) in [4.78, 5) is 11.2. The summed E-state index contributed by atoms with van der Waals surface area (Å²) in [7, 11) is 0. The molecule has 0 amide bonds. The molecule has 4 aromatic heterocycles. The average molecular weight is 913 g/mol. The lowest BCUT2D eigenvalue weighted by atomic mass is 9.95. The lowest BCUT2D eigenvalue weighted by molar-refractivity contribution is 0.628. The largest absolute Gasteiger partial charge is 0.456 e. The fourth-order valence-electron chi connectivity index (χ4n) is 11.6. The summed E-state index contributed by atoms with van der Waals surface area (Å²) in [5, 5.41) is 19.8. The molecule has 16 rings (SSSR count). The SMILES string of the molecule is c1ccc2cc3c(cc2c1)c1c2ccccc2ccc1n3-c1c2ccccc2c(C2=NC(c3cccc4c3sc3ccccc34)=NC(c3cccc4c3oc3ccccc34)N2)c2oc3ccccc3c12. The number of nitrogens with one attached hydrogen (secondary N) is 1. The van der Waals surface area contributed by atoms with E-state index in [-0.39, 0.29) is 0 Å². The van der Waals surface area contributed by atoms with Gasteiger partial charge in [0, 0.05) is 63.6 Å². The Kier molecular flexibility index (Phi) is 7.73. The van der Waals surface area contributed by atoms with Crippen molar-refractivity contribution in [2.75, 3.05) is 0 Å². The Labute approximate surface area is 402 Å². The third-order valence-electron chi connectivity index (χ3n) is 14.6. The van der Waals surface area contributed by atoms with E-state index in [9.17, 15) is 0 Å². The van der Waals surface area contributed by atoms with Crippen LogP contribution in [0, 0.1) is 0 Å². The number of hydrogen-bond donors (Lipinski definition) is 1. The van der Waals surface area contributed by atoms with Gasteiger partial charge in [0.25, 0.3) is 0 Å². The molecule has 1 aliphatic heterocycles. The van der Waals surface area contributed by atoms with E-state index in [1.54, 1.807) is 11.3 Å². The van der Waals surface area contributed by atoms with Gasteiger partial charge in [-0.1, -0.05) is 164 Å². The molecule has 5 heterocycles. The van der Waals surface area contributed by atoms with Crippen LogP contribution in [0.3, 0.4) is 0 Å². The lowest BCUT2D eigenvalue weighted by Gasteiger charge is -2.25. The monoisotopic (exact) mass is 912 g/mol. The summed E-state index contributed by atoms with van der Waals surface area (Å²) in [6.45, 7) is 0. The number of aliphatic imine (C=N–C) groups is 2. The van der Waals surface area contributed by atoms with E-state index in [0.717, 1.165) is 92.8 Å². The Balaban J connectivity index is 1.03. The molecule has 11 aromatic carbocycles. The highest BCUT2D eigenvalue weighted by Crippen LogP contribution is 2.47. The zero-order valence-electron chi connectivity index (χ0n) is 37.3. The molecule has 1 N–H and O–H groups in total. The molecule has 0 saturated carbocycles. The Hall–Kier alpha value is -9.04. The standard InChI is InChI=1S/C63H36N4O2S/c1-2-17-37-34-50-48(33-36(37)16-1)54-38-18-4-3-15-35(38)31-32-49(54)67(50)57-42-22-6-5-21-41(42)56(59-55(57)45-23-8-11-29-52(45)69-59)63-65-61(46-26-13-24-43-39-19-7-10-28-51(39)68-58(43)46)64-62(66-63)47-27-14-25-44-40-20-9-12-30-53(40)70-60(44)47/h1-34,61H,(H,64,65,66). The van der Waals surface area contributed by atoms with Crippen molar-refractivity contribution < 1.29 is 8.83 Å². The third kappa shape index (κ3) is 5.26. The average Bonchev–Trinajstić information content (AvgIpc) is 4.19. The second-order valence-corrected chi connectivity index (χ2v) is 19.4. The number of thiophene rings is 1. The van der Waals surface area contributed by atoms with Crippen LogP contribution in [-0.4, -0.2) is 16.2 Å². The van der Waals surface area contributed by atoms with Gasteiger partial charge in [0.05, 0.1) is 27.7 Å². The summed E-state index contributed by atoms with van der Waals surface area (Å²) in [6.07, 6.45) is -0.562. The minimum Gasteiger partial charge on any atom is -0.456 e.